The number of hydrogen-bond donors (Lipinski definition) is 2. The molecule has 4 nitrogen and oxygen atoms in total. The standard InChI is InChI=1S/C7H7FO3S.C7H7FOS/c1-12(10,11)7-3-2-5(9)4-6(7)8;1-10-7-3-2-5(9)4-6(7)8/h2-4,9H,1H3;2-4,9H,1H3. The molecule has 2 aromatic carbocycles. The Morgan fingerprint density at radius 1 is 0.955 bits per heavy atom. The van der Waals surface area contributed by atoms with Gasteiger partial charge in [0, 0.05) is 23.3 Å². The SMILES string of the molecule is CS(=O)(=O)c1ccc(O)cc1F.CSc1ccc(O)cc1F. The van der Waals surface area contributed by atoms with Crippen molar-refractivity contribution in [2.24, 2.45) is 0 Å². The topological polar surface area (TPSA) is 74.6 Å². The van der Waals surface area contributed by atoms with Crippen molar-refractivity contribution in [1.82, 2.24) is 0 Å². The summed E-state index contributed by atoms with van der Waals surface area (Å²) in [5.41, 5.74) is 0. The van der Waals surface area contributed by atoms with Crippen LogP contribution in [-0.2, 0) is 9.84 Å². The average Bonchev–Trinajstić information content (AvgIpc) is 2.37. The van der Waals surface area contributed by atoms with Crippen LogP contribution in [-0.4, -0.2) is 31.1 Å². The maximum Gasteiger partial charge on any atom is 0.178 e. The van der Waals surface area contributed by atoms with E-state index in [4.69, 9.17) is 10.2 Å². The molecule has 0 aliphatic carbocycles. The molecule has 0 bridgehead atoms. The maximum atomic E-state index is 12.8. The number of aromatic hydroxyl groups is 2. The predicted octanol–water partition coefficient (Wildman–Crippen LogP) is 3.19. The van der Waals surface area contributed by atoms with Crippen molar-refractivity contribution >= 4 is 21.6 Å². The van der Waals surface area contributed by atoms with Crippen LogP contribution < -0.4 is 0 Å². The summed E-state index contributed by atoms with van der Waals surface area (Å²) in [4.78, 5) is 0.151. The predicted molar refractivity (Wildman–Crippen MR) is 81.0 cm³/mol. The number of sulfone groups is 1. The van der Waals surface area contributed by atoms with E-state index in [0.29, 0.717) is 4.90 Å². The highest BCUT2D eigenvalue weighted by Gasteiger charge is 2.13. The van der Waals surface area contributed by atoms with E-state index in [1.165, 1.54) is 17.8 Å². The molecule has 0 saturated heterocycles. The number of hydrogen-bond acceptors (Lipinski definition) is 5. The van der Waals surface area contributed by atoms with Crippen LogP contribution in [0.15, 0.2) is 46.2 Å². The zero-order chi connectivity index (χ0) is 16.9. The molecule has 2 aromatic rings. The Kier molecular flexibility index (Phi) is 6.19. The van der Waals surface area contributed by atoms with Crippen molar-refractivity contribution in [2.45, 2.75) is 9.79 Å². The zero-order valence-corrected chi connectivity index (χ0v) is 13.4. The quantitative estimate of drug-likeness (QED) is 0.816. The molecule has 2 N–H and O–H groups in total. The lowest BCUT2D eigenvalue weighted by Crippen LogP contribution is -1.99. The molecule has 0 unspecified atom stereocenters. The van der Waals surface area contributed by atoms with Crippen molar-refractivity contribution in [2.75, 3.05) is 12.5 Å². The fourth-order valence-corrected chi connectivity index (χ4v) is 2.63. The van der Waals surface area contributed by atoms with Gasteiger partial charge in [0.05, 0.1) is 0 Å². The van der Waals surface area contributed by atoms with Crippen molar-refractivity contribution in [3.05, 3.63) is 48.0 Å². The highest BCUT2D eigenvalue weighted by atomic mass is 32.2. The third kappa shape index (κ3) is 5.19. The van der Waals surface area contributed by atoms with Crippen LogP contribution >= 0.6 is 11.8 Å². The van der Waals surface area contributed by atoms with Gasteiger partial charge in [0.15, 0.2) is 9.84 Å². The highest BCUT2D eigenvalue weighted by molar-refractivity contribution is 7.98. The lowest BCUT2D eigenvalue weighted by atomic mass is 10.3. The van der Waals surface area contributed by atoms with E-state index in [9.17, 15) is 17.2 Å². The molecule has 8 heteroatoms. The van der Waals surface area contributed by atoms with Crippen LogP contribution in [0.1, 0.15) is 0 Å². The fourth-order valence-electron chi connectivity index (χ4n) is 1.45. The molecule has 22 heavy (non-hydrogen) atoms. The largest absolute Gasteiger partial charge is 0.508 e. The van der Waals surface area contributed by atoms with Crippen molar-refractivity contribution in [1.29, 1.82) is 0 Å². The minimum atomic E-state index is -3.54. The van der Waals surface area contributed by atoms with E-state index in [1.54, 1.807) is 12.3 Å². The number of rotatable bonds is 2. The van der Waals surface area contributed by atoms with Crippen molar-refractivity contribution in [3.8, 4) is 11.5 Å². The highest BCUT2D eigenvalue weighted by Crippen LogP contribution is 2.22. The first-order valence-corrected chi connectivity index (χ1v) is 8.98. The molecule has 0 radical (unpaired) electrons. The van der Waals surface area contributed by atoms with Crippen LogP contribution in [0.25, 0.3) is 0 Å². The summed E-state index contributed by atoms with van der Waals surface area (Å²) in [6.45, 7) is 0. The van der Waals surface area contributed by atoms with Crippen LogP contribution in [0.5, 0.6) is 11.5 Å². The smallest absolute Gasteiger partial charge is 0.178 e. The number of phenols is 2. The molecule has 0 aliphatic heterocycles. The normalized spacial score (nSPS) is 10.7. The van der Waals surface area contributed by atoms with Gasteiger partial charge in [0.1, 0.15) is 28.0 Å². The Labute approximate surface area is 131 Å². The van der Waals surface area contributed by atoms with Crippen LogP contribution in [0, 0.1) is 11.6 Å². The number of benzene rings is 2. The third-order valence-corrected chi connectivity index (χ3v) is 4.35. The summed E-state index contributed by atoms with van der Waals surface area (Å²) < 4.78 is 47.2. The Morgan fingerprint density at radius 3 is 1.86 bits per heavy atom. The molecule has 0 spiro atoms. The average molecular weight is 348 g/mol. The lowest BCUT2D eigenvalue weighted by molar-refractivity contribution is 0.465. The van der Waals surface area contributed by atoms with E-state index in [2.05, 4.69) is 0 Å². The Balaban J connectivity index is 0.000000224. The first kappa shape index (κ1) is 18.2. The summed E-state index contributed by atoms with van der Waals surface area (Å²) in [7, 11) is -3.54. The van der Waals surface area contributed by atoms with Gasteiger partial charge in [0.25, 0.3) is 0 Å². The van der Waals surface area contributed by atoms with E-state index in [-0.39, 0.29) is 17.3 Å². The van der Waals surface area contributed by atoms with Gasteiger partial charge in [-0.05, 0) is 30.5 Å². The van der Waals surface area contributed by atoms with Gasteiger partial charge in [-0.25, -0.2) is 17.2 Å². The summed E-state index contributed by atoms with van der Waals surface area (Å²) in [5.74, 6) is -1.62. The summed E-state index contributed by atoms with van der Waals surface area (Å²) in [6, 6.07) is 7.03. The first-order valence-electron chi connectivity index (χ1n) is 5.86. The fraction of sp³-hybridized carbons (Fsp3) is 0.143. The first-order chi connectivity index (χ1) is 10.1. The van der Waals surface area contributed by atoms with Gasteiger partial charge in [0.2, 0.25) is 0 Å². The van der Waals surface area contributed by atoms with Crippen LogP contribution in [0.4, 0.5) is 8.78 Å². The molecule has 2 rings (SSSR count). The number of thioether (sulfide) groups is 1. The second kappa shape index (κ2) is 7.46. The van der Waals surface area contributed by atoms with Gasteiger partial charge < -0.3 is 10.2 Å². The van der Waals surface area contributed by atoms with Crippen molar-refractivity contribution < 1.29 is 27.4 Å². The second-order valence-corrected chi connectivity index (χ2v) is 7.04. The molecule has 0 amide bonds. The van der Waals surface area contributed by atoms with E-state index < -0.39 is 20.5 Å². The monoisotopic (exact) mass is 348 g/mol. The maximum absolute atomic E-state index is 12.8. The zero-order valence-electron chi connectivity index (χ0n) is 11.7. The van der Waals surface area contributed by atoms with E-state index in [0.717, 1.165) is 30.5 Å². The summed E-state index contributed by atoms with van der Waals surface area (Å²) >= 11 is 1.32. The molecule has 0 saturated carbocycles. The minimum Gasteiger partial charge on any atom is -0.508 e. The van der Waals surface area contributed by atoms with Gasteiger partial charge in [-0.3, -0.25) is 0 Å². The number of phenolic OH excluding ortho intramolecular Hbond substituents is 2. The molecule has 120 valence electrons. The van der Waals surface area contributed by atoms with Gasteiger partial charge in [-0.1, -0.05) is 0 Å². The van der Waals surface area contributed by atoms with E-state index >= 15 is 0 Å². The summed E-state index contributed by atoms with van der Waals surface area (Å²) in [5, 5.41) is 17.6. The van der Waals surface area contributed by atoms with Crippen LogP contribution in [0.2, 0.25) is 0 Å². The molecule has 0 fully saturated rings. The second-order valence-electron chi connectivity index (χ2n) is 4.21. The molecule has 0 aromatic heterocycles. The Hall–Kier alpha value is -1.80. The molecule has 0 atom stereocenters. The van der Waals surface area contributed by atoms with Crippen LogP contribution in [0.3, 0.4) is 0 Å². The molecule has 0 aliphatic rings. The summed E-state index contributed by atoms with van der Waals surface area (Å²) in [6.07, 6.45) is 2.69. The minimum absolute atomic E-state index is 0.0321. The van der Waals surface area contributed by atoms with Crippen molar-refractivity contribution in [3.63, 3.8) is 0 Å². The Morgan fingerprint density at radius 2 is 1.45 bits per heavy atom. The number of halogens is 2. The van der Waals surface area contributed by atoms with E-state index in [1.807, 2.05) is 0 Å². The van der Waals surface area contributed by atoms with Gasteiger partial charge >= 0.3 is 0 Å². The molecule has 0 heterocycles. The third-order valence-electron chi connectivity index (χ3n) is 2.45. The lowest BCUT2D eigenvalue weighted by Gasteiger charge is -1.99. The molecular weight excluding hydrogens is 334 g/mol. The van der Waals surface area contributed by atoms with Gasteiger partial charge in [-0.2, -0.15) is 0 Å². The van der Waals surface area contributed by atoms with Gasteiger partial charge in [-0.15, -0.1) is 11.8 Å². The molecular formula is C14H14F2O4S2. The Bertz CT molecular complexity index is 761.